The number of phenolic OH excluding ortho intramolecular Hbond substituents is 2. The lowest BCUT2D eigenvalue weighted by Gasteiger charge is -2.36. The molecule has 27 heavy (non-hydrogen) atoms. The molecule has 1 spiro atoms. The molecule has 132 valence electrons. The maximum absolute atomic E-state index is 12.7. The van der Waals surface area contributed by atoms with Crippen LogP contribution in [0.15, 0.2) is 57.7 Å². The third-order valence-corrected chi connectivity index (χ3v) is 5.08. The maximum Gasteiger partial charge on any atom is 0.340 e. The van der Waals surface area contributed by atoms with Crippen LogP contribution in [0, 0.1) is 0 Å². The number of esters is 1. The first kappa shape index (κ1) is 14.3. The monoisotopic (exact) mass is 362 g/mol. The Balaban J connectivity index is 1.80. The molecule has 0 saturated heterocycles. The van der Waals surface area contributed by atoms with Gasteiger partial charge in [0.15, 0.2) is 11.4 Å². The summed E-state index contributed by atoms with van der Waals surface area (Å²) in [6.45, 7) is 0. The Hall–Kier alpha value is -3.87. The summed E-state index contributed by atoms with van der Waals surface area (Å²) in [6.07, 6.45) is 0. The molecule has 0 radical (unpaired) electrons. The third kappa shape index (κ3) is 1.55. The summed E-state index contributed by atoms with van der Waals surface area (Å²) in [7, 11) is 0. The second-order valence-corrected chi connectivity index (χ2v) is 6.49. The van der Waals surface area contributed by atoms with Crippen LogP contribution in [0.1, 0.15) is 27.0 Å². The van der Waals surface area contributed by atoms with E-state index in [4.69, 9.17) is 18.6 Å². The second kappa shape index (κ2) is 4.45. The molecular formula is C20H10O7. The zero-order valence-corrected chi connectivity index (χ0v) is 13.6. The molecule has 0 aliphatic carbocycles. The first-order valence-corrected chi connectivity index (χ1v) is 8.19. The quantitative estimate of drug-likeness (QED) is 0.360. The SMILES string of the molecule is O=C1OC2(c3ccc(O)cc3Oc3cc(O)c4ooc4c32)c2ccccc21. The first-order chi connectivity index (χ1) is 13.1. The van der Waals surface area contributed by atoms with E-state index in [-0.39, 0.29) is 28.4 Å². The summed E-state index contributed by atoms with van der Waals surface area (Å²) in [5.41, 5.74) is 1.06. The minimum Gasteiger partial charge on any atom is -0.508 e. The van der Waals surface area contributed by atoms with Crippen molar-refractivity contribution in [3.05, 3.63) is 70.8 Å². The van der Waals surface area contributed by atoms with Crippen LogP contribution in [-0.2, 0) is 10.3 Å². The molecule has 1 atom stereocenters. The van der Waals surface area contributed by atoms with Crippen LogP contribution in [0.2, 0.25) is 0 Å². The van der Waals surface area contributed by atoms with Gasteiger partial charge in [0.25, 0.3) is 5.58 Å². The van der Waals surface area contributed by atoms with Crippen LogP contribution in [0.5, 0.6) is 23.0 Å². The van der Waals surface area contributed by atoms with Gasteiger partial charge >= 0.3 is 5.97 Å². The fourth-order valence-corrected chi connectivity index (χ4v) is 3.97. The molecular weight excluding hydrogens is 352 g/mol. The van der Waals surface area contributed by atoms with E-state index in [1.165, 1.54) is 18.2 Å². The molecule has 6 rings (SSSR count). The summed E-state index contributed by atoms with van der Waals surface area (Å²) in [4.78, 5) is 12.7. The van der Waals surface area contributed by atoms with E-state index in [9.17, 15) is 15.0 Å². The van der Waals surface area contributed by atoms with Gasteiger partial charge in [0, 0.05) is 23.3 Å². The van der Waals surface area contributed by atoms with E-state index in [0.29, 0.717) is 28.0 Å². The average Bonchev–Trinajstić information content (AvgIpc) is 2.90. The van der Waals surface area contributed by atoms with Crippen molar-refractivity contribution in [3.8, 4) is 23.0 Å². The van der Waals surface area contributed by atoms with Gasteiger partial charge in [-0.15, -0.1) is 0 Å². The summed E-state index contributed by atoms with van der Waals surface area (Å²) in [5.74, 6) is -0.0904. The van der Waals surface area contributed by atoms with Gasteiger partial charge in [-0.25, -0.2) is 4.79 Å². The van der Waals surface area contributed by atoms with Gasteiger partial charge < -0.3 is 19.7 Å². The molecule has 7 heteroatoms. The van der Waals surface area contributed by atoms with Crippen LogP contribution < -0.4 is 4.74 Å². The van der Waals surface area contributed by atoms with E-state index < -0.39 is 11.6 Å². The van der Waals surface area contributed by atoms with Crippen LogP contribution in [-0.4, -0.2) is 16.2 Å². The van der Waals surface area contributed by atoms with Gasteiger partial charge in [-0.2, -0.15) is 0 Å². The highest BCUT2D eigenvalue weighted by molar-refractivity contribution is 5.99. The van der Waals surface area contributed by atoms with Crippen LogP contribution in [0.25, 0.3) is 11.2 Å². The molecule has 0 amide bonds. The fourth-order valence-electron chi connectivity index (χ4n) is 3.97. The largest absolute Gasteiger partial charge is 0.508 e. The predicted octanol–water partition coefficient (Wildman–Crippen LogP) is 4.01. The molecule has 2 aliphatic rings. The average molecular weight is 362 g/mol. The Morgan fingerprint density at radius 2 is 1.67 bits per heavy atom. The lowest BCUT2D eigenvalue weighted by molar-refractivity contribution is 0.0178. The van der Waals surface area contributed by atoms with Crippen molar-refractivity contribution >= 4 is 17.1 Å². The molecule has 3 heterocycles. The van der Waals surface area contributed by atoms with Crippen molar-refractivity contribution in [1.82, 2.24) is 0 Å². The normalized spacial score (nSPS) is 19.5. The van der Waals surface area contributed by atoms with Crippen molar-refractivity contribution < 1.29 is 33.6 Å². The number of benzene rings is 3. The van der Waals surface area contributed by atoms with Crippen molar-refractivity contribution in [1.29, 1.82) is 0 Å². The first-order valence-electron chi connectivity index (χ1n) is 8.19. The van der Waals surface area contributed by atoms with Gasteiger partial charge in [0.1, 0.15) is 17.2 Å². The molecule has 2 N–H and O–H groups in total. The Morgan fingerprint density at radius 1 is 0.852 bits per heavy atom. The lowest BCUT2D eigenvalue weighted by atomic mass is 9.77. The summed E-state index contributed by atoms with van der Waals surface area (Å²) in [6, 6.07) is 13.0. The smallest absolute Gasteiger partial charge is 0.340 e. The van der Waals surface area contributed by atoms with Gasteiger partial charge in [-0.3, -0.25) is 9.15 Å². The number of phenols is 2. The number of rotatable bonds is 0. The van der Waals surface area contributed by atoms with E-state index in [2.05, 4.69) is 0 Å². The minimum atomic E-state index is -1.34. The second-order valence-electron chi connectivity index (χ2n) is 6.49. The predicted molar refractivity (Wildman–Crippen MR) is 90.1 cm³/mol. The molecule has 1 unspecified atom stereocenters. The van der Waals surface area contributed by atoms with Gasteiger partial charge in [-0.1, -0.05) is 18.2 Å². The molecule has 4 aromatic rings. The molecule has 0 fully saturated rings. The van der Waals surface area contributed by atoms with Crippen LogP contribution in [0.4, 0.5) is 0 Å². The van der Waals surface area contributed by atoms with E-state index in [1.807, 2.05) is 6.07 Å². The van der Waals surface area contributed by atoms with Crippen molar-refractivity contribution in [3.63, 3.8) is 0 Å². The van der Waals surface area contributed by atoms with Gasteiger partial charge in [0.05, 0.1) is 11.1 Å². The highest BCUT2D eigenvalue weighted by Crippen LogP contribution is 2.59. The Kier molecular flexibility index (Phi) is 2.36. The number of hydrogen-bond donors (Lipinski definition) is 2. The van der Waals surface area contributed by atoms with Crippen molar-refractivity contribution in [2.45, 2.75) is 5.60 Å². The Morgan fingerprint density at radius 3 is 2.48 bits per heavy atom. The highest BCUT2D eigenvalue weighted by Gasteiger charge is 2.56. The Bertz CT molecular complexity index is 1280. The number of aromatic hydroxyl groups is 2. The van der Waals surface area contributed by atoms with E-state index in [1.54, 1.807) is 24.3 Å². The van der Waals surface area contributed by atoms with Gasteiger partial charge in [-0.05, 0) is 18.2 Å². The highest BCUT2D eigenvalue weighted by atomic mass is 17.0. The summed E-state index contributed by atoms with van der Waals surface area (Å²) in [5, 5.41) is 20.0. The zero-order valence-electron chi connectivity index (χ0n) is 13.6. The molecule has 3 aromatic carbocycles. The molecule has 7 nitrogen and oxygen atoms in total. The lowest BCUT2D eigenvalue weighted by Crippen LogP contribution is -2.33. The maximum atomic E-state index is 12.7. The Labute approximate surface area is 150 Å². The number of ether oxygens (including phenoxy) is 2. The molecule has 2 aliphatic heterocycles. The topological polar surface area (TPSA) is 102 Å². The molecule has 0 saturated carbocycles. The van der Waals surface area contributed by atoms with E-state index in [0.717, 1.165) is 0 Å². The number of hydrogen-bond acceptors (Lipinski definition) is 7. The molecule has 1 aromatic heterocycles. The minimum absolute atomic E-state index is 0.00213. The zero-order chi connectivity index (χ0) is 18.3. The third-order valence-electron chi connectivity index (χ3n) is 5.08. The fraction of sp³-hybridized carbons (Fsp3) is 0.0500. The standard InChI is InChI=1S/C20H10O7/c21-9-5-6-12-14(7-9)24-15-8-13(22)17-18(27-26-17)16(15)20(12)11-4-2-1-3-10(11)19(23)25-20/h1-8,21-22H. The summed E-state index contributed by atoms with van der Waals surface area (Å²) >= 11 is 0. The van der Waals surface area contributed by atoms with Crippen molar-refractivity contribution in [2.24, 2.45) is 0 Å². The van der Waals surface area contributed by atoms with Gasteiger partial charge in [0.2, 0.25) is 5.58 Å². The number of carbonyl (C=O) groups is 1. The summed E-state index contributed by atoms with van der Waals surface area (Å²) < 4.78 is 21.9. The van der Waals surface area contributed by atoms with E-state index >= 15 is 0 Å². The number of carbonyl (C=O) groups excluding carboxylic acids is 1. The number of fused-ring (bicyclic) bond motifs is 8. The van der Waals surface area contributed by atoms with Crippen LogP contribution in [0.3, 0.4) is 0 Å². The van der Waals surface area contributed by atoms with Crippen molar-refractivity contribution in [2.75, 3.05) is 0 Å². The van der Waals surface area contributed by atoms with Crippen LogP contribution >= 0.6 is 0 Å². The molecule has 0 bridgehead atoms.